The van der Waals surface area contributed by atoms with Crippen LogP contribution >= 0.6 is 0 Å². The van der Waals surface area contributed by atoms with Crippen molar-refractivity contribution in [3.8, 4) is 17.0 Å². The number of hydrogen-bond acceptors (Lipinski definition) is 7. The maximum atomic E-state index is 12.5. The summed E-state index contributed by atoms with van der Waals surface area (Å²) in [6, 6.07) is 3.21. The lowest BCUT2D eigenvalue weighted by Crippen LogP contribution is -2.61. The minimum Gasteiger partial charge on any atom is -0.431 e. The predicted octanol–water partition coefficient (Wildman–Crippen LogP) is 2.51. The SMILES string of the molecule is CCc1nc(-c2cnc(N)c(OC(F)F)c2)cc(N2CC(C)(OC)C2)n1. The smallest absolute Gasteiger partial charge is 0.387 e. The number of halogens is 2. The number of nitrogens with two attached hydrogens (primary N) is 1. The Morgan fingerprint density at radius 3 is 2.65 bits per heavy atom. The van der Waals surface area contributed by atoms with Crippen molar-refractivity contribution in [1.29, 1.82) is 0 Å². The van der Waals surface area contributed by atoms with Gasteiger partial charge in [-0.25, -0.2) is 15.0 Å². The molecule has 2 N–H and O–H groups in total. The van der Waals surface area contributed by atoms with Crippen LogP contribution in [0.5, 0.6) is 5.75 Å². The summed E-state index contributed by atoms with van der Waals surface area (Å²) in [5, 5.41) is 0. The molecule has 26 heavy (non-hydrogen) atoms. The van der Waals surface area contributed by atoms with E-state index in [1.807, 2.05) is 13.8 Å². The van der Waals surface area contributed by atoms with Crippen LogP contribution in [0.1, 0.15) is 19.7 Å². The monoisotopic (exact) mass is 365 g/mol. The van der Waals surface area contributed by atoms with E-state index in [1.165, 1.54) is 12.3 Å². The van der Waals surface area contributed by atoms with Gasteiger partial charge in [0, 0.05) is 44.4 Å². The number of rotatable bonds is 6. The number of alkyl halides is 2. The van der Waals surface area contributed by atoms with Crippen LogP contribution in [0.4, 0.5) is 20.4 Å². The van der Waals surface area contributed by atoms with E-state index >= 15 is 0 Å². The van der Waals surface area contributed by atoms with Gasteiger partial charge in [0.2, 0.25) is 0 Å². The molecule has 0 saturated carbocycles. The molecule has 1 aliphatic rings. The number of pyridine rings is 1. The molecule has 0 amide bonds. The van der Waals surface area contributed by atoms with Crippen LogP contribution in [-0.2, 0) is 11.2 Å². The lowest BCUT2D eigenvalue weighted by molar-refractivity contribution is -0.0494. The maximum Gasteiger partial charge on any atom is 0.387 e. The average Bonchev–Trinajstić information content (AvgIpc) is 2.60. The Balaban J connectivity index is 1.94. The molecule has 0 bridgehead atoms. The summed E-state index contributed by atoms with van der Waals surface area (Å²) in [4.78, 5) is 15.0. The Kier molecular flexibility index (Phi) is 4.90. The second-order valence-corrected chi connectivity index (χ2v) is 6.38. The van der Waals surface area contributed by atoms with Crippen LogP contribution in [0.15, 0.2) is 18.3 Å². The number of aryl methyl sites for hydroxylation is 1. The number of aromatic nitrogens is 3. The van der Waals surface area contributed by atoms with Gasteiger partial charge in [0.15, 0.2) is 11.6 Å². The molecule has 1 saturated heterocycles. The van der Waals surface area contributed by atoms with Crippen molar-refractivity contribution in [2.75, 3.05) is 30.8 Å². The Bertz CT molecular complexity index is 797. The zero-order valence-electron chi connectivity index (χ0n) is 14.9. The highest BCUT2D eigenvalue weighted by Gasteiger charge is 2.39. The molecule has 0 unspecified atom stereocenters. The van der Waals surface area contributed by atoms with E-state index in [0.717, 1.165) is 5.82 Å². The molecule has 0 spiro atoms. The van der Waals surface area contributed by atoms with Gasteiger partial charge in [0.25, 0.3) is 0 Å². The summed E-state index contributed by atoms with van der Waals surface area (Å²) in [6.45, 7) is 2.43. The van der Waals surface area contributed by atoms with E-state index in [4.69, 9.17) is 10.5 Å². The molecule has 140 valence electrons. The molecule has 1 aliphatic heterocycles. The minimum absolute atomic E-state index is 0.0994. The highest BCUT2D eigenvalue weighted by molar-refractivity contribution is 5.67. The van der Waals surface area contributed by atoms with Crippen LogP contribution in [0.2, 0.25) is 0 Å². The molecular weight excluding hydrogens is 344 g/mol. The van der Waals surface area contributed by atoms with Crippen LogP contribution in [0, 0.1) is 0 Å². The highest BCUT2D eigenvalue weighted by Crippen LogP contribution is 2.32. The molecule has 0 radical (unpaired) electrons. The van der Waals surface area contributed by atoms with Gasteiger partial charge in [-0.05, 0) is 13.0 Å². The molecule has 0 aromatic carbocycles. The van der Waals surface area contributed by atoms with E-state index < -0.39 is 6.61 Å². The Hall–Kier alpha value is -2.55. The van der Waals surface area contributed by atoms with Crippen molar-refractivity contribution >= 4 is 11.6 Å². The summed E-state index contributed by atoms with van der Waals surface area (Å²) in [5.41, 5.74) is 6.51. The number of ether oxygens (including phenoxy) is 2. The van der Waals surface area contributed by atoms with E-state index in [1.54, 1.807) is 13.2 Å². The summed E-state index contributed by atoms with van der Waals surface area (Å²) in [5.74, 6) is 1.13. The van der Waals surface area contributed by atoms with Crippen LogP contribution in [0.25, 0.3) is 11.3 Å². The standard InChI is InChI=1S/C17H21F2N5O2/c1-4-13-22-11(6-14(23-13)24-8-17(2,9-24)25-3)10-5-12(26-16(18)19)15(20)21-7-10/h5-7,16H,4,8-9H2,1-3H3,(H2,20,21). The maximum absolute atomic E-state index is 12.5. The fourth-order valence-electron chi connectivity index (χ4n) is 2.79. The molecule has 1 fully saturated rings. The third-order valence-corrected chi connectivity index (χ3v) is 4.34. The van der Waals surface area contributed by atoms with Gasteiger partial charge in [-0.2, -0.15) is 8.78 Å². The van der Waals surface area contributed by atoms with Crippen LogP contribution in [0.3, 0.4) is 0 Å². The molecule has 3 rings (SSSR count). The van der Waals surface area contributed by atoms with Gasteiger partial charge < -0.3 is 20.1 Å². The lowest BCUT2D eigenvalue weighted by atomic mass is 9.96. The van der Waals surface area contributed by atoms with Crippen molar-refractivity contribution in [1.82, 2.24) is 15.0 Å². The quantitative estimate of drug-likeness (QED) is 0.842. The molecule has 7 nitrogen and oxygen atoms in total. The molecule has 0 aliphatic carbocycles. The van der Waals surface area contributed by atoms with E-state index in [2.05, 4.69) is 24.6 Å². The number of nitrogens with zero attached hydrogens (tertiary/aromatic N) is 4. The zero-order chi connectivity index (χ0) is 18.9. The Morgan fingerprint density at radius 1 is 1.31 bits per heavy atom. The molecular formula is C17H21F2N5O2. The van der Waals surface area contributed by atoms with Crippen molar-refractivity contribution in [3.63, 3.8) is 0 Å². The number of anilines is 2. The van der Waals surface area contributed by atoms with Crippen LogP contribution in [-0.4, -0.2) is 47.4 Å². The van der Waals surface area contributed by atoms with Crippen LogP contribution < -0.4 is 15.4 Å². The van der Waals surface area contributed by atoms with Gasteiger partial charge in [0.05, 0.1) is 11.3 Å². The van der Waals surface area contributed by atoms with Gasteiger partial charge >= 0.3 is 6.61 Å². The second-order valence-electron chi connectivity index (χ2n) is 6.38. The highest BCUT2D eigenvalue weighted by atomic mass is 19.3. The zero-order valence-corrected chi connectivity index (χ0v) is 14.9. The van der Waals surface area contributed by atoms with Crippen molar-refractivity contribution in [2.45, 2.75) is 32.5 Å². The minimum atomic E-state index is -2.98. The fourth-order valence-corrected chi connectivity index (χ4v) is 2.79. The van der Waals surface area contributed by atoms with Gasteiger partial charge in [-0.3, -0.25) is 0 Å². The van der Waals surface area contributed by atoms with Crippen molar-refractivity contribution in [3.05, 3.63) is 24.2 Å². The van der Waals surface area contributed by atoms with E-state index in [0.29, 0.717) is 36.6 Å². The normalized spacial score (nSPS) is 15.8. The number of hydrogen-bond donors (Lipinski definition) is 1. The predicted molar refractivity (Wildman–Crippen MR) is 93.3 cm³/mol. The summed E-state index contributed by atoms with van der Waals surface area (Å²) in [7, 11) is 1.69. The molecule has 2 aromatic rings. The molecule has 0 atom stereocenters. The third kappa shape index (κ3) is 3.67. The van der Waals surface area contributed by atoms with Gasteiger partial charge in [-0.1, -0.05) is 6.92 Å². The molecule has 3 heterocycles. The van der Waals surface area contributed by atoms with Gasteiger partial charge in [0.1, 0.15) is 11.6 Å². The van der Waals surface area contributed by atoms with Crippen molar-refractivity contribution < 1.29 is 18.3 Å². The Labute approximate surface area is 150 Å². The van der Waals surface area contributed by atoms with Crippen molar-refractivity contribution in [2.24, 2.45) is 0 Å². The lowest BCUT2D eigenvalue weighted by Gasteiger charge is -2.47. The Morgan fingerprint density at radius 2 is 2.04 bits per heavy atom. The van der Waals surface area contributed by atoms with E-state index in [9.17, 15) is 8.78 Å². The number of methoxy groups -OCH3 is 1. The largest absolute Gasteiger partial charge is 0.431 e. The summed E-state index contributed by atoms with van der Waals surface area (Å²) < 4.78 is 35.0. The topological polar surface area (TPSA) is 86.4 Å². The first-order valence-corrected chi connectivity index (χ1v) is 8.22. The number of nitrogen functional groups attached to an aromatic ring is 1. The molecule has 2 aromatic heterocycles. The first kappa shape index (κ1) is 18.2. The summed E-state index contributed by atoms with van der Waals surface area (Å²) >= 11 is 0. The first-order valence-electron chi connectivity index (χ1n) is 8.22. The molecule has 9 heteroatoms. The van der Waals surface area contributed by atoms with E-state index in [-0.39, 0.29) is 17.2 Å². The van der Waals surface area contributed by atoms with Gasteiger partial charge in [-0.15, -0.1) is 0 Å². The third-order valence-electron chi connectivity index (χ3n) is 4.34. The average molecular weight is 365 g/mol. The summed E-state index contributed by atoms with van der Waals surface area (Å²) in [6.07, 6.45) is 2.12. The first-order chi connectivity index (χ1) is 12.3. The fraction of sp³-hybridized carbons (Fsp3) is 0.471. The second kappa shape index (κ2) is 6.99.